The van der Waals surface area contributed by atoms with Crippen molar-refractivity contribution in [1.29, 1.82) is 0 Å². The Hall–Kier alpha value is -1.89. The highest BCUT2D eigenvalue weighted by molar-refractivity contribution is 5.93. The van der Waals surface area contributed by atoms with Crippen LogP contribution < -0.4 is 0 Å². The van der Waals surface area contributed by atoms with Crippen molar-refractivity contribution >= 4 is 5.78 Å². The van der Waals surface area contributed by atoms with Crippen molar-refractivity contribution in [3.8, 4) is 0 Å². The smallest absolute Gasteiger partial charge is 0.159 e. The SMILES string of the molecule is CC(=O)c1ccc(CCc2ccc(C)cc2)cc1.CCC. The molecule has 0 spiro atoms. The monoisotopic (exact) mass is 282 g/mol. The fraction of sp³-hybridized carbons (Fsp3) is 0.350. The van der Waals surface area contributed by atoms with Crippen LogP contribution in [0.15, 0.2) is 48.5 Å². The summed E-state index contributed by atoms with van der Waals surface area (Å²) in [5.74, 6) is 0.125. The zero-order valence-corrected chi connectivity index (χ0v) is 13.6. The average molecular weight is 282 g/mol. The third kappa shape index (κ3) is 6.40. The van der Waals surface area contributed by atoms with E-state index in [2.05, 4.69) is 45.0 Å². The van der Waals surface area contributed by atoms with E-state index < -0.39 is 0 Å². The summed E-state index contributed by atoms with van der Waals surface area (Å²) >= 11 is 0. The van der Waals surface area contributed by atoms with Crippen molar-refractivity contribution in [3.05, 3.63) is 70.8 Å². The number of aryl methyl sites for hydroxylation is 3. The van der Waals surface area contributed by atoms with Crippen LogP contribution in [-0.2, 0) is 12.8 Å². The number of ketones is 1. The summed E-state index contributed by atoms with van der Waals surface area (Å²) < 4.78 is 0. The fourth-order valence-electron chi connectivity index (χ4n) is 1.95. The van der Waals surface area contributed by atoms with Gasteiger partial charge in [-0.15, -0.1) is 0 Å². The van der Waals surface area contributed by atoms with Gasteiger partial charge < -0.3 is 0 Å². The van der Waals surface area contributed by atoms with E-state index in [9.17, 15) is 4.79 Å². The summed E-state index contributed by atoms with van der Waals surface area (Å²) in [6.45, 7) is 7.95. The minimum Gasteiger partial charge on any atom is -0.295 e. The summed E-state index contributed by atoms with van der Waals surface area (Å²) in [7, 11) is 0. The lowest BCUT2D eigenvalue weighted by Crippen LogP contribution is -1.94. The van der Waals surface area contributed by atoms with E-state index in [4.69, 9.17) is 0 Å². The van der Waals surface area contributed by atoms with Crippen LogP contribution in [0.4, 0.5) is 0 Å². The highest BCUT2D eigenvalue weighted by atomic mass is 16.1. The third-order valence-electron chi connectivity index (χ3n) is 3.18. The number of Topliss-reactive ketones (excluding diaryl/α,β-unsaturated/α-hetero) is 1. The van der Waals surface area contributed by atoms with Crippen molar-refractivity contribution in [3.63, 3.8) is 0 Å². The van der Waals surface area contributed by atoms with Gasteiger partial charge in [-0.05, 0) is 37.8 Å². The maximum Gasteiger partial charge on any atom is 0.159 e. The molecule has 0 aliphatic carbocycles. The molecule has 0 unspecified atom stereocenters. The maximum absolute atomic E-state index is 11.2. The molecule has 1 nitrogen and oxygen atoms in total. The summed E-state index contributed by atoms with van der Waals surface area (Å²) in [6.07, 6.45) is 3.31. The molecule has 0 aliphatic rings. The first-order valence-corrected chi connectivity index (χ1v) is 7.72. The zero-order valence-electron chi connectivity index (χ0n) is 13.6. The molecule has 0 N–H and O–H groups in total. The number of carbonyl (C=O) groups is 1. The van der Waals surface area contributed by atoms with Crippen molar-refractivity contribution < 1.29 is 4.79 Å². The largest absolute Gasteiger partial charge is 0.295 e. The second kappa shape index (κ2) is 9.12. The topological polar surface area (TPSA) is 17.1 Å². The Bertz CT molecular complexity index is 535. The van der Waals surface area contributed by atoms with Gasteiger partial charge in [-0.1, -0.05) is 74.4 Å². The van der Waals surface area contributed by atoms with Crippen LogP contribution in [0.2, 0.25) is 0 Å². The molecule has 0 aliphatic heterocycles. The molecule has 0 atom stereocenters. The average Bonchev–Trinajstić information content (AvgIpc) is 2.48. The molecule has 2 aromatic carbocycles. The van der Waals surface area contributed by atoms with Crippen LogP contribution >= 0.6 is 0 Å². The molecular weight excluding hydrogens is 256 g/mol. The molecule has 0 heterocycles. The van der Waals surface area contributed by atoms with Crippen molar-refractivity contribution in [2.75, 3.05) is 0 Å². The second-order valence-electron chi connectivity index (χ2n) is 5.45. The molecule has 0 saturated carbocycles. The molecule has 2 rings (SSSR count). The Morgan fingerprint density at radius 2 is 1.19 bits per heavy atom. The van der Waals surface area contributed by atoms with Gasteiger partial charge in [0.25, 0.3) is 0 Å². The first kappa shape index (κ1) is 17.2. The van der Waals surface area contributed by atoms with Crippen LogP contribution in [0.3, 0.4) is 0 Å². The molecule has 21 heavy (non-hydrogen) atoms. The number of carbonyl (C=O) groups excluding carboxylic acids is 1. The van der Waals surface area contributed by atoms with Gasteiger partial charge in [0, 0.05) is 5.56 Å². The first-order valence-electron chi connectivity index (χ1n) is 7.72. The standard InChI is InChI=1S/C17H18O.C3H8/c1-13-3-5-15(6-4-13)7-8-16-9-11-17(12-10-16)14(2)18;1-3-2/h3-6,9-12H,7-8H2,1-2H3;3H2,1-2H3. The van der Waals surface area contributed by atoms with Crippen LogP contribution in [-0.4, -0.2) is 5.78 Å². The zero-order chi connectivity index (χ0) is 15.7. The minimum atomic E-state index is 0.125. The van der Waals surface area contributed by atoms with Crippen molar-refractivity contribution in [2.45, 2.75) is 47.0 Å². The fourth-order valence-corrected chi connectivity index (χ4v) is 1.95. The quantitative estimate of drug-likeness (QED) is 0.686. The van der Waals surface area contributed by atoms with Crippen LogP contribution in [0.1, 0.15) is 54.2 Å². The van der Waals surface area contributed by atoms with E-state index in [1.807, 2.05) is 24.3 Å². The summed E-state index contributed by atoms with van der Waals surface area (Å²) in [4.78, 5) is 11.2. The third-order valence-corrected chi connectivity index (χ3v) is 3.18. The van der Waals surface area contributed by atoms with Gasteiger partial charge in [0.1, 0.15) is 0 Å². The Labute approximate surface area is 129 Å². The lowest BCUT2D eigenvalue weighted by molar-refractivity contribution is 0.101. The molecule has 112 valence electrons. The summed E-state index contributed by atoms with van der Waals surface area (Å²) in [6, 6.07) is 16.6. The van der Waals surface area contributed by atoms with Crippen LogP contribution in [0.5, 0.6) is 0 Å². The van der Waals surface area contributed by atoms with Gasteiger partial charge in [0.2, 0.25) is 0 Å². The van der Waals surface area contributed by atoms with E-state index in [1.165, 1.54) is 23.1 Å². The predicted molar refractivity (Wildman–Crippen MR) is 91.0 cm³/mol. The Balaban J connectivity index is 0.000000677. The second-order valence-corrected chi connectivity index (χ2v) is 5.45. The number of hydrogen-bond donors (Lipinski definition) is 0. The van der Waals surface area contributed by atoms with E-state index in [-0.39, 0.29) is 5.78 Å². The molecule has 0 amide bonds. The van der Waals surface area contributed by atoms with Gasteiger partial charge in [0.15, 0.2) is 5.78 Å². The Morgan fingerprint density at radius 1 is 0.810 bits per heavy atom. The molecule has 0 saturated heterocycles. The number of rotatable bonds is 4. The van der Waals surface area contributed by atoms with Crippen LogP contribution in [0.25, 0.3) is 0 Å². The molecule has 0 aromatic heterocycles. The first-order chi connectivity index (χ1) is 10.1. The van der Waals surface area contributed by atoms with E-state index in [0.717, 1.165) is 18.4 Å². The Morgan fingerprint density at radius 3 is 1.57 bits per heavy atom. The van der Waals surface area contributed by atoms with E-state index in [0.29, 0.717) is 0 Å². The van der Waals surface area contributed by atoms with Gasteiger partial charge >= 0.3 is 0 Å². The molecule has 1 heteroatoms. The maximum atomic E-state index is 11.2. The summed E-state index contributed by atoms with van der Waals surface area (Å²) in [5.41, 5.74) is 4.72. The molecule has 0 bridgehead atoms. The Kier molecular flexibility index (Phi) is 7.45. The lowest BCUT2D eigenvalue weighted by Gasteiger charge is -2.03. The summed E-state index contributed by atoms with van der Waals surface area (Å²) in [5, 5.41) is 0. The molecule has 2 aromatic rings. The normalized spacial score (nSPS) is 9.71. The van der Waals surface area contributed by atoms with Gasteiger partial charge in [-0.2, -0.15) is 0 Å². The molecule has 0 fully saturated rings. The molecular formula is C20H26O. The number of benzene rings is 2. The molecule has 0 radical (unpaired) electrons. The van der Waals surface area contributed by atoms with Crippen LogP contribution in [0, 0.1) is 6.92 Å². The van der Waals surface area contributed by atoms with Gasteiger partial charge in [-0.3, -0.25) is 4.79 Å². The minimum absolute atomic E-state index is 0.125. The van der Waals surface area contributed by atoms with E-state index in [1.54, 1.807) is 6.92 Å². The van der Waals surface area contributed by atoms with E-state index >= 15 is 0 Å². The van der Waals surface area contributed by atoms with Crippen molar-refractivity contribution in [2.24, 2.45) is 0 Å². The predicted octanol–water partition coefficient (Wildman–Crippen LogP) is 5.40. The highest BCUT2D eigenvalue weighted by Crippen LogP contribution is 2.10. The lowest BCUT2D eigenvalue weighted by atomic mass is 10.0. The number of hydrogen-bond acceptors (Lipinski definition) is 1. The highest BCUT2D eigenvalue weighted by Gasteiger charge is 1.99. The van der Waals surface area contributed by atoms with Crippen molar-refractivity contribution in [1.82, 2.24) is 0 Å². The van der Waals surface area contributed by atoms with Gasteiger partial charge in [0.05, 0.1) is 0 Å². The van der Waals surface area contributed by atoms with Gasteiger partial charge in [-0.25, -0.2) is 0 Å².